The SMILES string of the molecule is CCOc1ccccc1[C@@H]1C(C(=O)OCCOC)=C(C)NC2=C1C(=O)[C@@H](C(=O)OC)[C@H](C)C2. The molecule has 0 amide bonds. The molecule has 0 saturated heterocycles. The molecule has 1 aliphatic carbocycles. The molecule has 178 valence electrons. The van der Waals surface area contributed by atoms with Gasteiger partial charge in [0.15, 0.2) is 5.78 Å². The maximum Gasteiger partial charge on any atom is 0.336 e. The van der Waals surface area contributed by atoms with Gasteiger partial charge in [-0.1, -0.05) is 25.1 Å². The molecule has 0 fully saturated rings. The Morgan fingerprint density at radius 1 is 1.15 bits per heavy atom. The van der Waals surface area contributed by atoms with E-state index >= 15 is 0 Å². The van der Waals surface area contributed by atoms with Crippen LogP contribution >= 0.6 is 0 Å². The lowest BCUT2D eigenvalue weighted by Gasteiger charge is -2.38. The molecule has 3 rings (SSSR count). The Bertz CT molecular complexity index is 994. The van der Waals surface area contributed by atoms with Crippen LogP contribution in [0.5, 0.6) is 5.75 Å². The summed E-state index contributed by atoms with van der Waals surface area (Å²) in [6, 6.07) is 7.30. The summed E-state index contributed by atoms with van der Waals surface area (Å²) in [5.41, 5.74) is 2.65. The van der Waals surface area contributed by atoms with Crippen LogP contribution < -0.4 is 10.1 Å². The number of allylic oxidation sites excluding steroid dienone is 3. The van der Waals surface area contributed by atoms with Crippen molar-refractivity contribution in [1.82, 2.24) is 5.32 Å². The molecule has 1 aromatic rings. The second-order valence-corrected chi connectivity index (χ2v) is 8.13. The van der Waals surface area contributed by atoms with Crippen LogP contribution in [-0.4, -0.2) is 51.8 Å². The number of ether oxygens (including phenoxy) is 4. The lowest BCUT2D eigenvalue weighted by Crippen LogP contribution is -2.43. The topological polar surface area (TPSA) is 100 Å². The number of carbonyl (C=O) groups is 3. The number of hydrogen-bond donors (Lipinski definition) is 1. The Morgan fingerprint density at radius 3 is 2.55 bits per heavy atom. The van der Waals surface area contributed by atoms with Crippen molar-refractivity contribution >= 4 is 17.7 Å². The third kappa shape index (κ3) is 4.80. The minimum absolute atomic E-state index is 0.0770. The molecule has 1 N–H and O–H groups in total. The zero-order valence-corrected chi connectivity index (χ0v) is 19.7. The van der Waals surface area contributed by atoms with Crippen molar-refractivity contribution in [2.75, 3.05) is 34.0 Å². The van der Waals surface area contributed by atoms with Gasteiger partial charge in [0.2, 0.25) is 0 Å². The highest BCUT2D eigenvalue weighted by atomic mass is 16.6. The fourth-order valence-corrected chi connectivity index (χ4v) is 4.56. The van der Waals surface area contributed by atoms with Gasteiger partial charge in [0.25, 0.3) is 0 Å². The highest BCUT2D eigenvalue weighted by molar-refractivity contribution is 6.12. The molecule has 1 heterocycles. The van der Waals surface area contributed by atoms with Crippen LogP contribution in [0.15, 0.2) is 46.8 Å². The van der Waals surface area contributed by atoms with Gasteiger partial charge in [0, 0.05) is 29.6 Å². The molecule has 0 saturated carbocycles. The molecule has 3 atom stereocenters. The largest absolute Gasteiger partial charge is 0.494 e. The van der Waals surface area contributed by atoms with Crippen LogP contribution in [0.1, 0.15) is 38.7 Å². The molecule has 0 aromatic heterocycles. The van der Waals surface area contributed by atoms with Gasteiger partial charge in [0.05, 0.1) is 31.8 Å². The van der Waals surface area contributed by atoms with E-state index in [4.69, 9.17) is 18.9 Å². The molecule has 33 heavy (non-hydrogen) atoms. The smallest absolute Gasteiger partial charge is 0.336 e. The summed E-state index contributed by atoms with van der Waals surface area (Å²) in [4.78, 5) is 39.4. The number of para-hydroxylation sites is 1. The standard InChI is InChI=1S/C25H31NO7/c1-6-32-18-10-8-7-9-16(18)21-20(25(29)33-12-11-30-4)15(3)26-17-13-14(2)19(24(28)31-5)23(27)22(17)21/h7-10,14,19,21,26H,6,11-13H2,1-5H3/t14-,19+,21-/m1/s1. The van der Waals surface area contributed by atoms with Crippen LogP contribution in [0.4, 0.5) is 0 Å². The highest BCUT2D eigenvalue weighted by Crippen LogP contribution is 2.47. The number of dihydropyridines is 1. The quantitative estimate of drug-likeness (QED) is 0.361. The average Bonchev–Trinajstić information content (AvgIpc) is 2.78. The van der Waals surface area contributed by atoms with E-state index in [9.17, 15) is 14.4 Å². The highest BCUT2D eigenvalue weighted by Gasteiger charge is 2.47. The van der Waals surface area contributed by atoms with Crippen LogP contribution in [0, 0.1) is 11.8 Å². The molecule has 1 aliphatic heterocycles. The Labute approximate surface area is 193 Å². The number of hydrogen-bond acceptors (Lipinski definition) is 8. The summed E-state index contributed by atoms with van der Waals surface area (Å²) in [6.07, 6.45) is 0.470. The van der Waals surface area contributed by atoms with E-state index in [-0.39, 0.29) is 24.9 Å². The van der Waals surface area contributed by atoms with Crippen LogP contribution in [0.3, 0.4) is 0 Å². The van der Waals surface area contributed by atoms with Gasteiger partial charge in [0.1, 0.15) is 18.3 Å². The Hall–Kier alpha value is -3.13. The summed E-state index contributed by atoms with van der Waals surface area (Å²) in [5, 5.41) is 3.24. The van der Waals surface area contributed by atoms with E-state index in [0.29, 0.717) is 46.9 Å². The van der Waals surface area contributed by atoms with Crippen LogP contribution in [-0.2, 0) is 28.6 Å². The summed E-state index contributed by atoms with van der Waals surface area (Å²) in [6.45, 7) is 6.25. The third-order valence-corrected chi connectivity index (χ3v) is 6.01. The molecule has 0 radical (unpaired) electrons. The Kier molecular flexibility index (Phi) is 7.92. The number of carbonyl (C=O) groups excluding carboxylic acids is 3. The molecule has 0 spiro atoms. The lowest BCUT2D eigenvalue weighted by molar-refractivity contribution is -0.151. The van der Waals surface area contributed by atoms with Gasteiger partial charge in [-0.25, -0.2) is 4.79 Å². The summed E-state index contributed by atoms with van der Waals surface area (Å²) in [7, 11) is 2.80. The fourth-order valence-electron chi connectivity index (χ4n) is 4.56. The van der Waals surface area contributed by atoms with Gasteiger partial charge in [-0.15, -0.1) is 0 Å². The van der Waals surface area contributed by atoms with Gasteiger partial charge < -0.3 is 24.3 Å². The van der Waals surface area contributed by atoms with E-state index in [1.807, 2.05) is 32.0 Å². The van der Waals surface area contributed by atoms with Gasteiger partial charge in [-0.05, 0) is 32.3 Å². The molecule has 0 unspecified atom stereocenters. The van der Waals surface area contributed by atoms with E-state index in [2.05, 4.69) is 5.32 Å². The van der Waals surface area contributed by atoms with Gasteiger partial charge in [-0.2, -0.15) is 0 Å². The maximum absolute atomic E-state index is 13.7. The zero-order valence-electron chi connectivity index (χ0n) is 19.7. The van der Waals surface area contributed by atoms with Gasteiger partial charge >= 0.3 is 11.9 Å². The number of nitrogens with one attached hydrogen (secondary N) is 1. The first-order chi connectivity index (χ1) is 15.8. The van der Waals surface area contributed by atoms with Crippen LogP contribution in [0.2, 0.25) is 0 Å². The maximum atomic E-state index is 13.7. The van der Waals surface area contributed by atoms with E-state index < -0.39 is 23.8 Å². The first-order valence-electron chi connectivity index (χ1n) is 11.1. The van der Waals surface area contributed by atoms with E-state index in [1.165, 1.54) is 14.2 Å². The summed E-state index contributed by atoms with van der Waals surface area (Å²) < 4.78 is 21.2. The van der Waals surface area contributed by atoms with Crippen molar-refractivity contribution in [2.45, 2.75) is 33.1 Å². The Balaban J connectivity index is 2.17. The summed E-state index contributed by atoms with van der Waals surface area (Å²) in [5.74, 6) is -2.86. The predicted molar refractivity (Wildman–Crippen MR) is 120 cm³/mol. The van der Waals surface area contributed by atoms with E-state index in [1.54, 1.807) is 13.0 Å². The van der Waals surface area contributed by atoms with Crippen molar-refractivity contribution < 1.29 is 33.3 Å². The minimum atomic E-state index is -0.943. The van der Waals surface area contributed by atoms with Crippen molar-refractivity contribution in [3.05, 3.63) is 52.4 Å². The molecule has 1 aromatic carbocycles. The molecule has 8 nitrogen and oxygen atoms in total. The predicted octanol–water partition coefficient (Wildman–Crippen LogP) is 2.89. The van der Waals surface area contributed by atoms with Crippen molar-refractivity contribution in [2.24, 2.45) is 11.8 Å². The number of ketones is 1. The molecular weight excluding hydrogens is 426 g/mol. The van der Waals surface area contributed by atoms with Crippen molar-refractivity contribution in [3.8, 4) is 5.75 Å². The van der Waals surface area contributed by atoms with Crippen LogP contribution in [0.25, 0.3) is 0 Å². The Morgan fingerprint density at radius 2 is 1.88 bits per heavy atom. The second kappa shape index (κ2) is 10.7. The molecule has 8 heteroatoms. The fraction of sp³-hybridized carbons (Fsp3) is 0.480. The summed E-state index contributed by atoms with van der Waals surface area (Å²) >= 11 is 0. The number of methoxy groups -OCH3 is 2. The zero-order chi connectivity index (χ0) is 24.1. The second-order valence-electron chi connectivity index (χ2n) is 8.13. The molecule has 0 bridgehead atoms. The minimum Gasteiger partial charge on any atom is -0.494 e. The number of Topliss-reactive ketones (excluding diaryl/α,β-unsaturated/α-hetero) is 1. The average molecular weight is 458 g/mol. The van der Waals surface area contributed by atoms with Crippen molar-refractivity contribution in [1.29, 1.82) is 0 Å². The number of benzene rings is 1. The van der Waals surface area contributed by atoms with Crippen molar-refractivity contribution in [3.63, 3.8) is 0 Å². The first-order valence-corrected chi connectivity index (χ1v) is 11.1. The lowest BCUT2D eigenvalue weighted by atomic mass is 9.69. The molecular formula is C25H31NO7. The normalized spacial score (nSPS) is 22.5. The third-order valence-electron chi connectivity index (χ3n) is 6.01. The number of rotatable bonds is 8. The number of esters is 2. The molecule has 2 aliphatic rings. The van der Waals surface area contributed by atoms with Gasteiger partial charge in [-0.3, -0.25) is 9.59 Å². The monoisotopic (exact) mass is 457 g/mol. The first kappa shape index (κ1) is 24.5. The van der Waals surface area contributed by atoms with E-state index in [0.717, 1.165) is 0 Å².